The molecule has 0 radical (unpaired) electrons. The van der Waals surface area contributed by atoms with Gasteiger partial charge in [0.05, 0.1) is 11.3 Å². The molecule has 7 nitrogen and oxygen atoms in total. The maximum absolute atomic E-state index is 11.3. The molecular formula is C10H12N2O5S. The molecule has 0 aliphatic rings. The van der Waals surface area contributed by atoms with Crippen LogP contribution in [-0.2, 0) is 19.6 Å². The fourth-order valence-corrected chi connectivity index (χ4v) is 1.75. The third-order valence-electron chi connectivity index (χ3n) is 2.01. The molecule has 0 atom stereocenters. The van der Waals surface area contributed by atoms with Gasteiger partial charge in [-0.2, -0.15) is 0 Å². The summed E-state index contributed by atoms with van der Waals surface area (Å²) in [6.45, 7) is 0. The first-order valence-corrected chi connectivity index (χ1v) is 6.48. The lowest BCUT2D eigenvalue weighted by Gasteiger charge is -2.05. The number of nitrogens with two attached hydrogens (primary N) is 1. The molecule has 1 amide bonds. The number of benzene rings is 1. The van der Waals surface area contributed by atoms with Crippen molar-refractivity contribution in [2.45, 2.75) is 17.7 Å². The van der Waals surface area contributed by atoms with Crippen LogP contribution in [0, 0.1) is 0 Å². The highest BCUT2D eigenvalue weighted by atomic mass is 32.2. The van der Waals surface area contributed by atoms with Crippen LogP contribution >= 0.6 is 0 Å². The molecule has 0 aliphatic carbocycles. The van der Waals surface area contributed by atoms with Crippen molar-refractivity contribution < 1.29 is 23.1 Å². The van der Waals surface area contributed by atoms with Gasteiger partial charge in [0.25, 0.3) is 0 Å². The van der Waals surface area contributed by atoms with Gasteiger partial charge in [0.1, 0.15) is 0 Å². The predicted octanol–water partition coefficient (Wildman–Crippen LogP) is 0.137. The highest BCUT2D eigenvalue weighted by Gasteiger charge is 2.10. The molecule has 0 spiro atoms. The number of carbonyl (C=O) groups is 2. The molecule has 0 unspecified atom stereocenters. The van der Waals surface area contributed by atoms with Gasteiger partial charge >= 0.3 is 5.97 Å². The number of sulfonamides is 1. The van der Waals surface area contributed by atoms with Gasteiger partial charge in [-0.1, -0.05) is 6.07 Å². The summed E-state index contributed by atoms with van der Waals surface area (Å²) in [5, 5.41) is 15.7. The Morgan fingerprint density at radius 1 is 1.28 bits per heavy atom. The molecule has 0 heterocycles. The molecule has 0 bridgehead atoms. The zero-order valence-corrected chi connectivity index (χ0v) is 10.1. The van der Waals surface area contributed by atoms with Crippen molar-refractivity contribution in [3.05, 3.63) is 24.3 Å². The molecule has 18 heavy (non-hydrogen) atoms. The number of hydrogen-bond donors (Lipinski definition) is 3. The van der Waals surface area contributed by atoms with E-state index in [0.29, 0.717) is 0 Å². The molecule has 0 aliphatic heterocycles. The van der Waals surface area contributed by atoms with Gasteiger partial charge in [-0.25, -0.2) is 13.6 Å². The molecule has 8 heteroatoms. The maximum atomic E-state index is 11.3. The minimum Gasteiger partial charge on any atom is -0.481 e. The molecule has 1 aromatic rings. The van der Waals surface area contributed by atoms with Gasteiger partial charge in [-0.05, 0) is 18.2 Å². The van der Waals surface area contributed by atoms with Gasteiger partial charge in [-0.3, -0.25) is 9.59 Å². The van der Waals surface area contributed by atoms with Crippen LogP contribution < -0.4 is 10.5 Å². The summed E-state index contributed by atoms with van der Waals surface area (Å²) >= 11 is 0. The monoisotopic (exact) mass is 272 g/mol. The largest absolute Gasteiger partial charge is 0.481 e. The van der Waals surface area contributed by atoms with Crippen molar-refractivity contribution in [1.82, 2.24) is 0 Å². The number of primary sulfonamides is 1. The Balaban J connectivity index is 2.74. The van der Waals surface area contributed by atoms with E-state index in [9.17, 15) is 18.0 Å². The van der Waals surface area contributed by atoms with Crippen LogP contribution in [0.25, 0.3) is 0 Å². The van der Waals surface area contributed by atoms with Crippen molar-refractivity contribution in [1.29, 1.82) is 0 Å². The Morgan fingerprint density at radius 2 is 1.94 bits per heavy atom. The summed E-state index contributed by atoms with van der Waals surface area (Å²) in [6.07, 6.45) is -0.477. The smallest absolute Gasteiger partial charge is 0.303 e. The first-order chi connectivity index (χ1) is 8.29. The lowest BCUT2D eigenvalue weighted by atomic mass is 10.2. The highest BCUT2D eigenvalue weighted by molar-refractivity contribution is 7.89. The van der Waals surface area contributed by atoms with E-state index >= 15 is 0 Å². The summed E-state index contributed by atoms with van der Waals surface area (Å²) in [5.41, 5.74) is 0.247. The summed E-state index contributed by atoms with van der Waals surface area (Å²) in [6, 6.07) is 5.40. The van der Waals surface area contributed by atoms with Gasteiger partial charge in [0.2, 0.25) is 15.9 Å². The lowest BCUT2D eigenvalue weighted by molar-refractivity contribution is -0.138. The first kappa shape index (κ1) is 14.1. The number of nitrogens with one attached hydrogen (secondary N) is 1. The normalized spacial score (nSPS) is 10.9. The van der Waals surface area contributed by atoms with Crippen LogP contribution in [0.1, 0.15) is 12.8 Å². The Labute approximate surface area is 104 Å². The number of carbonyl (C=O) groups excluding carboxylic acids is 1. The van der Waals surface area contributed by atoms with E-state index < -0.39 is 21.9 Å². The molecule has 4 N–H and O–H groups in total. The standard InChI is InChI=1S/C10H12N2O5S/c11-18(16,17)8-3-1-2-7(6-8)12-9(13)4-5-10(14)15/h1-3,6H,4-5H2,(H,12,13)(H,14,15)(H2,11,16,17). The van der Waals surface area contributed by atoms with Gasteiger partial charge in [0, 0.05) is 12.1 Å². The van der Waals surface area contributed by atoms with Crippen molar-refractivity contribution >= 4 is 27.6 Å². The first-order valence-electron chi connectivity index (χ1n) is 4.93. The molecular weight excluding hydrogens is 260 g/mol. The number of hydrogen-bond acceptors (Lipinski definition) is 4. The third kappa shape index (κ3) is 4.52. The number of rotatable bonds is 5. The van der Waals surface area contributed by atoms with Crippen molar-refractivity contribution in [3.8, 4) is 0 Å². The van der Waals surface area contributed by atoms with E-state index in [4.69, 9.17) is 10.2 Å². The number of carboxylic acid groups (broad SMARTS) is 1. The van der Waals surface area contributed by atoms with Crippen molar-refractivity contribution in [3.63, 3.8) is 0 Å². The number of amides is 1. The second kappa shape index (κ2) is 5.61. The summed E-state index contributed by atoms with van der Waals surface area (Å²) < 4.78 is 22.1. The Morgan fingerprint density at radius 3 is 2.50 bits per heavy atom. The Hall–Kier alpha value is -1.93. The topological polar surface area (TPSA) is 127 Å². The van der Waals surface area contributed by atoms with Gasteiger partial charge in [0.15, 0.2) is 0 Å². The molecule has 98 valence electrons. The van der Waals surface area contributed by atoms with E-state index in [1.54, 1.807) is 0 Å². The molecule has 0 fully saturated rings. The second-order valence-electron chi connectivity index (χ2n) is 3.51. The minimum atomic E-state index is -3.83. The van der Waals surface area contributed by atoms with Crippen LogP contribution in [0.2, 0.25) is 0 Å². The summed E-state index contributed by atoms with van der Waals surface area (Å²) in [4.78, 5) is 21.5. The highest BCUT2D eigenvalue weighted by Crippen LogP contribution is 2.14. The quantitative estimate of drug-likeness (QED) is 0.702. The molecule has 1 aromatic carbocycles. The van der Waals surface area contributed by atoms with Crippen LogP contribution in [0.3, 0.4) is 0 Å². The lowest BCUT2D eigenvalue weighted by Crippen LogP contribution is -2.15. The number of aliphatic carboxylic acids is 1. The minimum absolute atomic E-state index is 0.126. The van der Waals surface area contributed by atoms with Crippen molar-refractivity contribution in [2.24, 2.45) is 5.14 Å². The average Bonchev–Trinajstić information content (AvgIpc) is 2.25. The van der Waals surface area contributed by atoms with Crippen LogP contribution in [0.15, 0.2) is 29.2 Å². The fourth-order valence-electron chi connectivity index (χ4n) is 1.19. The Kier molecular flexibility index (Phi) is 4.40. The van der Waals surface area contributed by atoms with Crippen LogP contribution in [-0.4, -0.2) is 25.4 Å². The van der Waals surface area contributed by atoms with E-state index in [1.807, 2.05) is 0 Å². The van der Waals surface area contributed by atoms with Gasteiger partial charge in [-0.15, -0.1) is 0 Å². The van der Waals surface area contributed by atoms with Crippen LogP contribution in [0.5, 0.6) is 0 Å². The number of carboxylic acids is 1. The maximum Gasteiger partial charge on any atom is 0.303 e. The molecule has 0 aromatic heterocycles. The van der Waals surface area contributed by atoms with Gasteiger partial charge < -0.3 is 10.4 Å². The van der Waals surface area contributed by atoms with Crippen LogP contribution in [0.4, 0.5) is 5.69 Å². The Bertz CT molecular complexity index is 567. The van der Waals surface area contributed by atoms with E-state index in [2.05, 4.69) is 5.32 Å². The zero-order chi connectivity index (χ0) is 13.8. The zero-order valence-electron chi connectivity index (χ0n) is 9.29. The summed E-state index contributed by atoms with van der Waals surface area (Å²) in [5.74, 6) is -1.59. The number of anilines is 1. The average molecular weight is 272 g/mol. The molecule has 0 saturated carbocycles. The second-order valence-corrected chi connectivity index (χ2v) is 5.08. The summed E-state index contributed by atoms with van der Waals surface area (Å²) in [7, 11) is -3.83. The third-order valence-corrected chi connectivity index (χ3v) is 2.92. The van der Waals surface area contributed by atoms with E-state index in [0.717, 1.165) is 0 Å². The molecule has 0 saturated heterocycles. The predicted molar refractivity (Wildman–Crippen MR) is 63.3 cm³/mol. The van der Waals surface area contributed by atoms with E-state index in [-0.39, 0.29) is 23.4 Å². The van der Waals surface area contributed by atoms with E-state index in [1.165, 1.54) is 24.3 Å². The molecule has 1 rings (SSSR count). The SMILES string of the molecule is NS(=O)(=O)c1cccc(NC(=O)CCC(=O)O)c1. The fraction of sp³-hybridized carbons (Fsp3) is 0.200. The van der Waals surface area contributed by atoms with Crippen molar-refractivity contribution in [2.75, 3.05) is 5.32 Å².